The number of aromatic nitrogens is 1. The molecule has 1 heterocycles. The molecule has 1 aromatic heterocycles. The predicted octanol–water partition coefficient (Wildman–Crippen LogP) is 7.60. The van der Waals surface area contributed by atoms with E-state index in [1.54, 1.807) is 78.9 Å². The predicted molar refractivity (Wildman–Crippen MR) is 172 cm³/mol. The first-order valence-corrected chi connectivity index (χ1v) is 15.0. The molecule has 44 heavy (non-hydrogen) atoms. The van der Waals surface area contributed by atoms with Gasteiger partial charge in [-0.3, -0.25) is 9.59 Å². The normalized spacial score (nSPS) is 12.5. The fraction of sp³-hybridized carbons (Fsp3) is 0.226. The average molecular weight is 678 g/mol. The van der Waals surface area contributed by atoms with Crippen LogP contribution in [0.5, 0.6) is 0 Å². The lowest BCUT2D eigenvalue weighted by Gasteiger charge is -2.32. The first kappa shape index (κ1) is 33.1. The molecule has 0 aliphatic rings. The number of hydrogen-bond acceptors (Lipinski definition) is 5. The molecule has 2 atom stereocenters. The maximum Gasteiger partial charge on any atom is 0.405 e. The highest BCUT2D eigenvalue weighted by Crippen LogP contribution is 2.36. The Bertz CT molecular complexity index is 1610. The summed E-state index contributed by atoms with van der Waals surface area (Å²) < 4.78 is 5.60. The minimum atomic E-state index is -1.40. The number of carbonyl (C=O) groups excluding carboxylic acids is 2. The van der Waals surface area contributed by atoms with Crippen molar-refractivity contribution in [2.24, 2.45) is 5.92 Å². The van der Waals surface area contributed by atoms with Crippen LogP contribution in [-0.4, -0.2) is 45.6 Å². The lowest BCUT2D eigenvalue weighted by Crippen LogP contribution is -2.52. The maximum atomic E-state index is 13.4. The van der Waals surface area contributed by atoms with E-state index in [1.807, 2.05) is 13.8 Å². The van der Waals surface area contributed by atoms with Crippen molar-refractivity contribution in [3.8, 4) is 22.6 Å². The van der Waals surface area contributed by atoms with Crippen molar-refractivity contribution in [1.29, 1.82) is 0 Å². The van der Waals surface area contributed by atoms with E-state index in [2.05, 4.69) is 15.8 Å². The minimum Gasteiger partial charge on any atom is -0.465 e. The number of nitrogens with zero attached hydrogens (tertiary/aromatic N) is 2. The molecule has 0 unspecified atom stereocenters. The summed E-state index contributed by atoms with van der Waals surface area (Å²) in [6.07, 6.45) is -1.36. The fourth-order valence-corrected chi connectivity index (χ4v) is 5.32. The van der Waals surface area contributed by atoms with Gasteiger partial charge in [-0.1, -0.05) is 114 Å². The molecule has 3 N–H and O–H groups in total. The molecule has 0 aliphatic carbocycles. The van der Waals surface area contributed by atoms with Gasteiger partial charge in [0.25, 0.3) is 5.91 Å². The lowest BCUT2D eigenvalue weighted by molar-refractivity contribution is -0.124. The highest BCUT2D eigenvalue weighted by Gasteiger charge is 2.30. The fourth-order valence-electron chi connectivity index (χ4n) is 4.49. The molecule has 13 heteroatoms. The molecule has 3 aromatic carbocycles. The molecule has 4 rings (SSSR count). The van der Waals surface area contributed by atoms with Gasteiger partial charge in [-0.15, -0.1) is 0 Å². The molecule has 0 radical (unpaired) electrons. The van der Waals surface area contributed by atoms with Gasteiger partial charge in [0.1, 0.15) is 11.7 Å². The molecule has 0 spiro atoms. The molecule has 4 aromatic rings. The standard InChI is InChI=1S/C31H28Cl4N4O5/c1-17(2)24(36-29(40)27(37-31(42)43)18-8-4-3-5-9-18)16-39(30(41)28(34)35)20-11-6-10-19(14-20)25-15-23(38-44-25)26-21(32)12-7-13-22(26)33/h3-15,17,24,27-28,37H,16H2,1-2H3,(H,36,40)(H,42,43)/t24-,27+/m1/s1. The van der Waals surface area contributed by atoms with Crippen molar-refractivity contribution in [3.05, 3.63) is 94.5 Å². The van der Waals surface area contributed by atoms with Gasteiger partial charge in [-0.2, -0.15) is 0 Å². The van der Waals surface area contributed by atoms with Crippen LogP contribution in [0.15, 0.2) is 83.4 Å². The van der Waals surface area contributed by atoms with Gasteiger partial charge >= 0.3 is 6.09 Å². The molecule has 0 fully saturated rings. The number of anilines is 1. The highest BCUT2D eigenvalue weighted by molar-refractivity contribution is 6.54. The topological polar surface area (TPSA) is 125 Å². The molecule has 0 saturated heterocycles. The van der Waals surface area contributed by atoms with Crippen molar-refractivity contribution in [2.75, 3.05) is 11.4 Å². The van der Waals surface area contributed by atoms with Crippen LogP contribution < -0.4 is 15.5 Å². The first-order valence-electron chi connectivity index (χ1n) is 13.4. The van der Waals surface area contributed by atoms with E-state index in [1.165, 1.54) is 4.90 Å². The number of alkyl halides is 2. The Morgan fingerprint density at radius 1 is 0.909 bits per heavy atom. The van der Waals surface area contributed by atoms with E-state index in [9.17, 15) is 19.5 Å². The summed E-state index contributed by atoms with van der Waals surface area (Å²) >= 11 is 24.8. The number of carbonyl (C=O) groups is 3. The van der Waals surface area contributed by atoms with E-state index in [0.717, 1.165) is 0 Å². The van der Waals surface area contributed by atoms with Crippen LogP contribution in [0.1, 0.15) is 25.5 Å². The summed E-state index contributed by atoms with van der Waals surface area (Å²) in [5.41, 5.74) is 2.42. The van der Waals surface area contributed by atoms with Crippen LogP contribution in [0.25, 0.3) is 22.6 Å². The Morgan fingerprint density at radius 3 is 2.18 bits per heavy atom. The Balaban J connectivity index is 1.63. The minimum absolute atomic E-state index is 0.0207. The van der Waals surface area contributed by atoms with E-state index < -0.39 is 34.8 Å². The third-order valence-corrected chi connectivity index (χ3v) is 7.80. The zero-order valence-corrected chi connectivity index (χ0v) is 26.5. The smallest absolute Gasteiger partial charge is 0.405 e. The van der Waals surface area contributed by atoms with Crippen LogP contribution in [0.3, 0.4) is 0 Å². The van der Waals surface area contributed by atoms with Gasteiger partial charge in [0, 0.05) is 35.5 Å². The second-order valence-corrected chi connectivity index (χ2v) is 12.0. The quantitative estimate of drug-likeness (QED) is 0.140. The van der Waals surface area contributed by atoms with Gasteiger partial charge in [0.05, 0.1) is 10.0 Å². The third-order valence-electron chi connectivity index (χ3n) is 6.80. The van der Waals surface area contributed by atoms with E-state index in [4.69, 9.17) is 50.9 Å². The number of halogens is 4. The van der Waals surface area contributed by atoms with E-state index in [-0.39, 0.29) is 12.5 Å². The molecule has 3 amide bonds. The second kappa shape index (κ2) is 14.8. The molecule has 230 valence electrons. The van der Waals surface area contributed by atoms with Crippen molar-refractivity contribution >= 4 is 70.0 Å². The average Bonchev–Trinajstić information content (AvgIpc) is 3.47. The van der Waals surface area contributed by atoms with Gasteiger partial charge in [0.2, 0.25) is 5.91 Å². The van der Waals surface area contributed by atoms with Gasteiger partial charge in [0.15, 0.2) is 10.6 Å². The van der Waals surface area contributed by atoms with Gasteiger partial charge in [-0.05, 0) is 35.7 Å². The highest BCUT2D eigenvalue weighted by atomic mass is 35.5. The van der Waals surface area contributed by atoms with Crippen molar-refractivity contribution in [2.45, 2.75) is 30.8 Å². The summed E-state index contributed by atoms with van der Waals surface area (Å²) in [6.45, 7) is 3.70. The molecule has 0 bridgehead atoms. The van der Waals surface area contributed by atoms with Crippen molar-refractivity contribution in [3.63, 3.8) is 0 Å². The largest absolute Gasteiger partial charge is 0.465 e. The van der Waals surface area contributed by atoms with Crippen molar-refractivity contribution < 1.29 is 24.0 Å². The number of rotatable bonds is 11. The monoisotopic (exact) mass is 676 g/mol. The first-order chi connectivity index (χ1) is 21.0. The summed E-state index contributed by atoms with van der Waals surface area (Å²) in [5.74, 6) is -0.994. The summed E-state index contributed by atoms with van der Waals surface area (Å²) in [7, 11) is 0. The van der Waals surface area contributed by atoms with Gasteiger partial charge in [-0.25, -0.2) is 4.79 Å². The number of benzene rings is 3. The SMILES string of the molecule is CC(C)[C@@H](CN(C(=O)C(Cl)Cl)c1cccc(-c2cc(-c3c(Cl)cccc3Cl)no2)c1)NC(=O)[C@@H](NC(=O)O)c1ccccc1. The Labute approximate surface area is 274 Å². The molecule has 0 saturated carbocycles. The lowest BCUT2D eigenvalue weighted by atomic mass is 10.0. The Morgan fingerprint density at radius 2 is 1.57 bits per heavy atom. The Kier molecular flexibility index (Phi) is 11.2. The second-order valence-electron chi connectivity index (χ2n) is 10.1. The molecule has 0 aliphatic heterocycles. The van der Waals surface area contributed by atoms with Crippen LogP contribution in [-0.2, 0) is 9.59 Å². The summed E-state index contributed by atoms with van der Waals surface area (Å²) in [4.78, 5) is 38.2. The molecular formula is C31H28Cl4N4O5. The van der Waals surface area contributed by atoms with Crippen LogP contribution >= 0.6 is 46.4 Å². The van der Waals surface area contributed by atoms with Crippen molar-refractivity contribution in [1.82, 2.24) is 15.8 Å². The number of carboxylic acid groups (broad SMARTS) is 1. The third kappa shape index (κ3) is 8.04. The number of amides is 3. The number of nitrogens with one attached hydrogen (secondary N) is 2. The summed E-state index contributed by atoms with van der Waals surface area (Å²) in [5, 5.41) is 19.5. The Hall–Kier alpha value is -3.76. The van der Waals surface area contributed by atoms with E-state index >= 15 is 0 Å². The molecular weight excluding hydrogens is 650 g/mol. The zero-order valence-electron chi connectivity index (χ0n) is 23.5. The van der Waals surface area contributed by atoms with Crippen LogP contribution in [0.4, 0.5) is 10.5 Å². The van der Waals surface area contributed by atoms with Crippen LogP contribution in [0, 0.1) is 5.92 Å². The van der Waals surface area contributed by atoms with Crippen LogP contribution in [0.2, 0.25) is 10.0 Å². The zero-order chi connectivity index (χ0) is 32.0. The van der Waals surface area contributed by atoms with Gasteiger partial charge < -0.3 is 25.2 Å². The maximum absolute atomic E-state index is 13.4. The molecule has 9 nitrogen and oxygen atoms in total. The summed E-state index contributed by atoms with van der Waals surface area (Å²) in [6, 6.07) is 20.3. The van der Waals surface area contributed by atoms with E-state index in [0.29, 0.717) is 43.9 Å². The number of hydrogen-bond donors (Lipinski definition) is 3.